The van der Waals surface area contributed by atoms with Crippen molar-refractivity contribution in [2.45, 2.75) is 26.3 Å². The molecule has 2 aromatic heterocycles. The topological polar surface area (TPSA) is 86.9 Å². The molecule has 0 aliphatic carbocycles. The van der Waals surface area contributed by atoms with Gasteiger partial charge in [-0.3, -0.25) is 14.9 Å². The van der Waals surface area contributed by atoms with E-state index in [1.54, 1.807) is 6.07 Å². The average molecular weight is 356 g/mol. The Morgan fingerprint density at radius 2 is 2.04 bits per heavy atom. The molecule has 1 aromatic carbocycles. The number of imidazole rings is 1. The van der Waals surface area contributed by atoms with Crippen LogP contribution in [0.2, 0.25) is 0 Å². The lowest BCUT2D eigenvalue weighted by atomic mass is 9.98. The maximum absolute atomic E-state index is 12.7. The maximum Gasteiger partial charge on any atom is 0.262 e. The van der Waals surface area contributed by atoms with Gasteiger partial charge in [-0.2, -0.15) is 0 Å². The number of rotatable bonds is 6. The van der Waals surface area contributed by atoms with Crippen LogP contribution in [0.4, 0.5) is 5.95 Å². The molecule has 0 saturated heterocycles. The van der Waals surface area contributed by atoms with Crippen molar-refractivity contribution in [2.75, 3.05) is 5.32 Å². The molecule has 130 valence electrons. The molecule has 3 rings (SSSR count). The number of aromatic amines is 1. The van der Waals surface area contributed by atoms with Gasteiger partial charge in [0.1, 0.15) is 6.04 Å². The van der Waals surface area contributed by atoms with E-state index in [-0.39, 0.29) is 17.7 Å². The fourth-order valence-corrected chi connectivity index (χ4v) is 3.16. The number of carbonyl (C=O) groups is 2. The number of hydrogen-bond acceptors (Lipinski definition) is 4. The second kappa shape index (κ2) is 7.48. The summed E-state index contributed by atoms with van der Waals surface area (Å²) in [5, 5.41) is 7.46. The molecule has 0 fully saturated rings. The highest BCUT2D eigenvalue weighted by Gasteiger charge is 2.27. The van der Waals surface area contributed by atoms with Crippen LogP contribution in [0.1, 0.15) is 29.9 Å². The van der Waals surface area contributed by atoms with E-state index in [1.807, 2.05) is 49.6 Å². The summed E-state index contributed by atoms with van der Waals surface area (Å²) in [7, 11) is 0. The summed E-state index contributed by atoms with van der Waals surface area (Å²) < 4.78 is 0. The van der Waals surface area contributed by atoms with E-state index < -0.39 is 6.04 Å². The first kappa shape index (κ1) is 17.2. The first-order valence-electron chi connectivity index (χ1n) is 8.18. The molecule has 3 aromatic rings. The quantitative estimate of drug-likeness (QED) is 0.632. The van der Waals surface area contributed by atoms with Crippen molar-refractivity contribution in [3.63, 3.8) is 0 Å². The zero-order valence-corrected chi connectivity index (χ0v) is 14.9. The monoisotopic (exact) mass is 356 g/mol. The lowest BCUT2D eigenvalue weighted by molar-refractivity contribution is -0.119. The molecule has 2 amide bonds. The van der Waals surface area contributed by atoms with Gasteiger partial charge in [0.2, 0.25) is 11.9 Å². The Morgan fingerprint density at radius 3 is 2.72 bits per heavy atom. The second-order valence-corrected chi connectivity index (χ2v) is 6.85. The van der Waals surface area contributed by atoms with Crippen LogP contribution in [0.15, 0.2) is 41.8 Å². The first-order valence-corrected chi connectivity index (χ1v) is 9.06. The normalized spacial score (nSPS) is 13.4. The molecular formula is C18H20N4O2S. The zero-order valence-electron chi connectivity index (χ0n) is 14.1. The number of H-pyrrole nitrogens is 1. The van der Waals surface area contributed by atoms with Gasteiger partial charge in [0, 0.05) is 0 Å². The predicted octanol–water partition coefficient (Wildman–Crippen LogP) is 3.41. The summed E-state index contributed by atoms with van der Waals surface area (Å²) in [4.78, 5) is 33.0. The number of nitrogens with zero attached hydrogens (tertiary/aromatic N) is 1. The molecule has 0 aliphatic rings. The minimum atomic E-state index is -0.632. The van der Waals surface area contributed by atoms with Crippen molar-refractivity contribution in [2.24, 2.45) is 5.92 Å². The van der Waals surface area contributed by atoms with E-state index in [9.17, 15) is 9.59 Å². The Bertz CT molecular complexity index is 839. The van der Waals surface area contributed by atoms with Crippen LogP contribution in [0.3, 0.4) is 0 Å². The van der Waals surface area contributed by atoms with Gasteiger partial charge in [-0.1, -0.05) is 38.5 Å². The molecule has 0 bridgehead atoms. The van der Waals surface area contributed by atoms with Crippen LogP contribution >= 0.6 is 11.3 Å². The van der Waals surface area contributed by atoms with Gasteiger partial charge in [0.25, 0.3) is 5.91 Å². The third-order valence-corrected chi connectivity index (χ3v) is 5.03. The van der Waals surface area contributed by atoms with Gasteiger partial charge < -0.3 is 10.3 Å². The Hall–Kier alpha value is -2.67. The SMILES string of the molecule is CC[C@H](C)[C@@H](NC(=O)c1cccs1)C(=O)Nc1nc2ccccc2[nH]1. The van der Waals surface area contributed by atoms with E-state index in [0.29, 0.717) is 10.8 Å². The van der Waals surface area contributed by atoms with Crippen molar-refractivity contribution in [1.29, 1.82) is 0 Å². The summed E-state index contributed by atoms with van der Waals surface area (Å²) in [5.41, 5.74) is 1.63. The molecule has 7 heteroatoms. The van der Waals surface area contributed by atoms with Crippen LogP contribution < -0.4 is 10.6 Å². The molecule has 0 spiro atoms. The van der Waals surface area contributed by atoms with Gasteiger partial charge in [0.15, 0.2) is 0 Å². The molecule has 6 nitrogen and oxygen atoms in total. The van der Waals surface area contributed by atoms with Crippen LogP contribution in [0, 0.1) is 5.92 Å². The van der Waals surface area contributed by atoms with Crippen molar-refractivity contribution >= 4 is 40.1 Å². The van der Waals surface area contributed by atoms with Crippen LogP contribution in [-0.2, 0) is 4.79 Å². The third kappa shape index (κ3) is 3.88. The number of hydrogen-bond donors (Lipinski definition) is 3. The van der Waals surface area contributed by atoms with Gasteiger partial charge in [-0.25, -0.2) is 4.98 Å². The summed E-state index contributed by atoms with van der Waals surface area (Å²) in [5.74, 6) is -0.142. The van der Waals surface area contributed by atoms with Crippen LogP contribution in [0.5, 0.6) is 0 Å². The Morgan fingerprint density at radius 1 is 1.24 bits per heavy atom. The van der Waals surface area contributed by atoms with Crippen molar-refractivity contribution < 1.29 is 9.59 Å². The number of carbonyl (C=O) groups excluding carboxylic acids is 2. The van der Waals surface area contributed by atoms with Gasteiger partial charge >= 0.3 is 0 Å². The maximum atomic E-state index is 12.7. The zero-order chi connectivity index (χ0) is 17.8. The van der Waals surface area contributed by atoms with Gasteiger partial charge in [-0.05, 0) is 29.5 Å². The minimum Gasteiger partial charge on any atom is -0.339 e. The Kier molecular flexibility index (Phi) is 5.14. The molecule has 2 heterocycles. The number of anilines is 1. The minimum absolute atomic E-state index is 0.00621. The molecule has 25 heavy (non-hydrogen) atoms. The molecule has 0 radical (unpaired) electrons. The molecular weight excluding hydrogens is 336 g/mol. The second-order valence-electron chi connectivity index (χ2n) is 5.91. The fourth-order valence-electron chi connectivity index (χ4n) is 2.53. The number of nitrogens with one attached hydrogen (secondary N) is 3. The summed E-state index contributed by atoms with van der Waals surface area (Å²) in [6.07, 6.45) is 0.767. The van der Waals surface area contributed by atoms with E-state index in [4.69, 9.17) is 0 Å². The van der Waals surface area contributed by atoms with Crippen molar-refractivity contribution in [3.05, 3.63) is 46.7 Å². The highest BCUT2D eigenvalue weighted by Crippen LogP contribution is 2.16. The first-order chi connectivity index (χ1) is 12.1. The molecule has 0 unspecified atom stereocenters. The summed E-state index contributed by atoms with van der Waals surface area (Å²) in [6.45, 7) is 3.93. The smallest absolute Gasteiger partial charge is 0.262 e. The largest absolute Gasteiger partial charge is 0.339 e. The number of fused-ring (bicyclic) bond motifs is 1. The standard InChI is InChI=1S/C18H20N4O2S/c1-3-11(2)15(21-16(23)14-9-6-10-25-14)17(24)22-18-19-12-7-4-5-8-13(12)20-18/h4-11,15H,3H2,1-2H3,(H,21,23)(H2,19,20,22,24)/t11-,15+/m0/s1. The van der Waals surface area contributed by atoms with Crippen LogP contribution in [-0.4, -0.2) is 27.8 Å². The van der Waals surface area contributed by atoms with Crippen LogP contribution in [0.25, 0.3) is 11.0 Å². The molecule has 0 saturated carbocycles. The lowest BCUT2D eigenvalue weighted by Crippen LogP contribution is -2.47. The number of aromatic nitrogens is 2. The third-order valence-electron chi connectivity index (χ3n) is 4.16. The number of para-hydroxylation sites is 2. The van der Waals surface area contributed by atoms with Crippen molar-refractivity contribution in [3.8, 4) is 0 Å². The number of thiophene rings is 1. The Labute approximate surface area is 149 Å². The summed E-state index contributed by atoms with van der Waals surface area (Å²) >= 11 is 1.35. The van der Waals surface area contributed by atoms with Gasteiger partial charge in [-0.15, -0.1) is 11.3 Å². The molecule has 2 atom stereocenters. The molecule has 0 aliphatic heterocycles. The van der Waals surface area contributed by atoms with E-state index >= 15 is 0 Å². The summed E-state index contributed by atoms with van der Waals surface area (Å²) in [6, 6.07) is 10.5. The van der Waals surface area contributed by atoms with E-state index in [0.717, 1.165) is 17.5 Å². The number of amides is 2. The highest BCUT2D eigenvalue weighted by molar-refractivity contribution is 7.12. The number of benzene rings is 1. The van der Waals surface area contributed by atoms with Gasteiger partial charge in [0.05, 0.1) is 15.9 Å². The van der Waals surface area contributed by atoms with E-state index in [1.165, 1.54) is 11.3 Å². The fraction of sp³-hybridized carbons (Fsp3) is 0.278. The molecule has 3 N–H and O–H groups in total. The highest BCUT2D eigenvalue weighted by atomic mass is 32.1. The van der Waals surface area contributed by atoms with Crippen molar-refractivity contribution in [1.82, 2.24) is 15.3 Å². The lowest BCUT2D eigenvalue weighted by Gasteiger charge is -2.22. The van der Waals surface area contributed by atoms with E-state index in [2.05, 4.69) is 20.6 Å². The average Bonchev–Trinajstić information content (AvgIpc) is 3.27. The Balaban J connectivity index is 1.75. The predicted molar refractivity (Wildman–Crippen MR) is 99.8 cm³/mol.